The van der Waals surface area contributed by atoms with Crippen molar-refractivity contribution in [1.29, 1.82) is 0 Å². The fourth-order valence-electron chi connectivity index (χ4n) is 3.62. The van der Waals surface area contributed by atoms with Gasteiger partial charge in [0.2, 0.25) is 0 Å². The number of aryl methyl sites for hydroxylation is 1. The zero-order valence-electron chi connectivity index (χ0n) is 15.0. The van der Waals surface area contributed by atoms with Crippen molar-refractivity contribution in [3.63, 3.8) is 0 Å². The molecular formula is C19H22N6O. The standard InChI is InChI=1S/C19H22N6O/c1-13-22-17(16-5-10-21-18(16)23-13)19(26)24(2)14-6-11-25(12-7-14)15-3-8-20-9-4-15/h3-5,8-10,14H,6-7,11-12H2,1-2H3,(H,21,22,23). The first kappa shape index (κ1) is 16.5. The smallest absolute Gasteiger partial charge is 0.273 e. The molecule has 0 spiro atoms. The van der Waals surface area contributed by atoms with Crippen molar-refractivity contribution in [3.8, 4) is 0 Å². The van der Waals surface area contributed by atoms with Crippen molar-refractivity contribution < 1.29 is 4.79 Å². The maximum absolute atomic E-state index is 13.1. The second-order valence-electron chi connectivity index (χ2n) is 6.70. The fourth-order valence-corrected chi connectivity index (χ4v) is 3.62. The van der Waals surface area contributed by atoms with E-state index < -0.39 is 0 Å². The number of nitrogens with zero attached hydrogens (tertiary/aromatic N) is 5. The molecule has 0 radical (unpaired) electrons. The van der Waals surface area contributed by atoms with Gasteiger partial charge in [0.05, 0.1) is 5.39 Å². The molecule has 0 bridgehead atoms. The summed E-state index contributed by atoms with van der Waals surface area (Å²) in [6.45, 7) is 3.66. The van der Waals surface area contributed by atoms with Crippen LogP contribution in [-0.2, 0) is 0 Å². The van der Waals surface area contributed by atoms with Gasteiger partial charge in [-0.2, -0.15) is 0 Å². The van der Waals surface area contributed by atoms with Gasteiger partial charge >= 0.3 is 0 Å². The van der Waals surface area contributed by atoms with Gasteiger partial charge in [-0.15, -0.1) is 0 Å². The van der Waals surface area contributed by atoms with E-state index in [1.807, 2.05) is 49.5 Å². The van der Waals surface area contributed by atoms with E-state index in [0.717, 1.165) is 31.3 Å². The second kappa shape index (κ2) is 6.74. The average molecular weight is 350 g/mol. The van der Waals surface area contributed by atoms with Crippen molar-refractivity contribution >= 4 is 22.6 Å². The van der Waals surface area contributed by atoms with Crippen LogP contribution in [-0.4, -0.2) is 56.9 Å². The van der Waals surface area contributed by atoms with Gasteiger partial charge in [-0.05, 0) is 38.0 Å². The van der Waals surface area contributed by atoms with Gasteiger partial charge in [-0.25, -0.2) is 9.97 Å². The number of fused-ring (bicyclic) bond motifs is 1. The van der Waals surface area contributed by atoms with Crippen LogP contribution in [0.25, 0.3) is 11.0 Å². The molecule has 0 aliphatic carbocycles. The minimum absolute atomic E-state index is 0.0394. The predicted octanol–water partition coefficient (Wildman–Crippen LogP) is 2.40. The van der Waals surface area contributed by atoms with Gasteiger partial charge in [0.15, 0.2) is 0 Å². The first-order valence-electron chi connectivity index (χ1n) is 8.87. The number of aromatic nitrogens is 4. The third kappa shape index (κ3) is 3.00. The minimum Gasteiger partial charge on any atom is -0.371 e. The van der Waals surface area contributed by atoms with E-state index in [1.54, 1.807) is 6.20 Å². The molecule has 26 heavy (non-hydrogen) atoms. The number of hydrogen-bond acceptors (Lipinski definition) is 5. The maximum Gasteiger partial charge on any atom is 0.273 e. The van der Waals surface area contributed by atoms with Crippen LogP contribution < -0.4 is 4.90 Å². The molecule has 1 N–H and O–H groups in total. The van der Waals surface area contributed by atoms with Crippen molar-refractivity contribution in [2.45, 2.75) is 25.8 Å². The predicted molar refractivity (Wildman–Crippen MR) is 100 cm³/mol. The summed E-state index contributed by atoms with van der Waals surface area (Å²) in [7, 11) is 1.88. The van der Waals surface area contributed by atoms with Gasteiger partial charge in [-0.3, -0.25) is 9.78 Å². The third-order valence-corrected chi connectivity index (χ3v) is 5.09. The van der Waals surface area contributed by atoms with E-state index in [1.165, 1.54) is 5.69 Å². The summed E-state index contributed by atoms with van der Waals surface area (Å²) in [5, 5.41) is 0.779. The Morgan fingerprint density at radius 1 is 1.19 bits per heavy atom. The largest absolute Gasteiger partial charge is 0.371 e. The monoisotopic (exact) mass is 350 g/mol. The third-order valence-electron chi connectivity index (χ3n) is 5.09. The molecule has 1 saturated heterocycles. The molecule has 0 saturated carbocycles. The Morgan fingerprint density at radius 2 is 1.92 bits per heavy atom. The lowest BCUT2D eigenvalue weighted by atomic mass is 10.0. The number of amides is 1. The lowest BCUT2D eigenvalue weighted by Crippen LogP contribution is -2.46. The number of pyridine rings is 1. The lowest BCUT2D eigenvalue weighted by Gasteiger charge is -2.37. The van der Waals surface area contributed by atoms with Crippen LogP contribution in [0.2, 0.25) is 0 Å². The molecule has 7 heteroatoms. The first-order valence-corrected chi connectivity index (χ1v) is 8.87. The number of nitrogens with one attached hydrogen (secondary N) is 1. The van der Waals surface area contributed by atoms with Crippen LogP contribution in [0, 0.1) is 6.92 Å². The Bertz CT molecular complexity index is 914. The highest BCUT2D eigenvalue weighted by atomic mass is 16.2. The molecule has 1 fully saturated rings. The van der Waals surface area contributed by atoms with Crippen LogP contribution >= 0.6 is 0 Å². The van der Waals surface area contributed by atoms with Crippen LogP contribution in [0.4, 0.5) is 5.69 Å². The molecule has 3 aromatic heterocycles. The summed E-state index contributed by atoms with van der Waals surface area (Å²) in [5.41, 5.74) is 2.38. The van der Waals surface area contributed by atoms with E-state index in [0.29, 0.717) is 17.2 Å². The topological polar surface area (TPSA) is 78.0 Å². The Kier molecular flexibility index (Phi) is 4.28. The quantitative estimate of drug-likeness (QED) is 0.785. The van der Waals surface area contributed by atoms with Crippen molar-refractivity contribution in [3.05, 3.63) is 48.3 Å². The van der Waals surface area contributed by atoms with Crippen molar-refractivity contribution in [1.82, 2.24) is 24.8 Å². The molecule has 4 rings (SSSR count). The maximum atomic E-state index is 13.1. The van der Waals surface area contributed by atoms with Gasteiger partial charge in [0.25, 0.3) is 5.91 Å². The summed E-state index contributed by atoms with van der Waals surface area (Å²) in [4.78, 5) is 33.1. The Morgan fingerprint density at radius 3 is 2.65 bits per heavy atom. The lowest BCUT2D eigenvalue weighted by molar-refractivity contribution is 0.0705. The molecule has 1 aliphatic heterocycles. The summed E-state index contributed by atoms with van der Waals surface area (Å²) in [6, 6.07) is 6.13. The molecule has 3 aromatic rings. The molecule has 1 aliphatic rings. The minimum atomic E-state index is -0.0394. The summed E-state index contributed by atoms with van der Waals surface area (Å²) < 4.78 is 0. The molecule has 7 nitrogen and oxygen atoms in total. The number of carbonyl (C=O) groups is 1. The highest BCUT2D eigenvalue weighted by molar-refractivity contribution is 6.03. The first-order chi connectivity index (χ1) is 12.6. The fraction of sp³-hybridized carbons (Fsp3) is 0.368. The van der Waals surface area contributed by atoms with E-state index in [-0.39, 0.29) is 11.9 Å². The summed E-state index contributed by atoms with van der Waals surface area (Å²) >= 11 is 0. The molecule has 4 heterocycles. The van der Waals surface area contributed by atoms with Crippen LogP contribution in [0.5, 0.6) is 0 Å². The van der Waals surface area contributed by atoms with E-state index >= 15 is 0 Å². The number of hydrogen-bond donors (Lipinski definition) is 1. The molecule has 134 valence electrons. The highest BCUT2D eigenvalue weighted by Crippen LogP contribution is 2.23. The zero-order valence-corrected chi connectivity index (χ0v) is 15.0. The summed E-state index contributed by atoms with van der Waals surface area (Å²) in [6.07, 6.45) is 7.30. The average Bonchev–Trinajstić information content (AvgIpc) is 3.15. The molecule has 0 aromatic carbocycles. The van der Waals surface area contributed by atoms with Gasteiger partial charge in [-0.1, -0.05) is 0 Å². The van der Waals surface area contributed by atoms with E-state index in [4.69, 9.17) is 0 Å². The van der Waals surface area contributed by atoms with Gasteiger partial charge < -0.3 is 14.8 Å². The molecule has 0 atom stereocenters. The Hall–Kier alpha value is -2.96. The molecule has 0 unspecified atom stereocenters. The van der Waals surface area contributed by atoms with Crippen LogP contribution in [0.3, 0.4) is 0 Å². The van der Waals surface area contributed by atoms with E-state index in [2.05, 4.69) is 24.8 Å². The normalized spacial score (nSPS) is 15.4. The second-order valence-corrected chi connectivity index (χ2v) is 6.70. The molecular weight excluding hydrogens is 328 g/mol. The van der Waals surface area contributed by atoms with E-state index in [9.17, 15) is 4.79 Å². The van der Waals surface area contributed by atoms with Crippen LogP contribution in [0.15, 0.2) is 36.8 Å². The number of piperidine rings is 1. The number of aromatic amines is 1. The molecule has 1 amide bonds. The Balaban J connectivity index is 1.49. The Labute approximate surface area is 152 Å². The van der Waals surface area contributed by atoms with Crippen LogP contribution in [0.1, 0.15) is 29.2 Å². The number of rotatable bonds is 3. The SMILES string of the molecule is Cc1nc(C(=O)N(C)C2CCN(c3ccncc3)CC2)c2cc[nH]c2n1. The number of carbonyl (C=O) groups excluding carboxylic acids is 1. The zero-order chi connectivity index (χ0) is 18.1. The van der Waals surface area contributed by atoms with Crippen molar-refractivity contribution in [2.75, 3.05) is 25.0 Å². The van der Waals surface area contributed by atoms with Crippen molar-refractivity contribution in [2.24, 2.45) is 0 Å². The highest BCUT2D eigenvalue weighted by Gasteiger charge is 2.28. The van der Waals surface area contributed by atoms with Gasteiger partial charge in [0, 0.05) is 50.5 Å². The number of anilines is 1. The van der Waals surface area contributed by atoms with Gasteiger partial charge in [0.1, 0.15) is 17.2 Å². The summed E-state index contributed by atoms with van der Waals surface area (Å²) in [5.74, 6) is 0.562. The number of H-pyrrole nitrogens is 1.